The fourth-order valence-electron chi connectivity index (χ4n) is 4.13. The van der Waals surface area contributed by atoms with Gasteiger partial charge in [0.25, 0.3) is 0 Å². The molecule has 1 amide bonds. The van der Waals surface area contributed by atoms with Gasteiger partial charge in [-0.15, -0.1) is 10.2 Å². The molecule has 138 valence electrons. The molecular formula is C19H20N6OS. The molecule has 0 N–H and O–H groups in total. The van der Waals surface area contributed by atoms with Crippen LogP contribution in [0.25, 0.3) is 21.5 Å². The highest BCUT2D eigenvalue weighted by Gasteiger charge is 2.43. The number of nitrogens with zero attached hydrogens (tertiary/aromatic N) is 6. The smallest absolute Gasteiger partial charge is 0.228 e. The van der Waals surface area contributed by atoms with E-state index in [1.165, 1.54) is 11.3 Å². The van der Waals surface area contributed by atoms with E-state index < -0.39 is 0 Å². The Morgan fingerprint density at radius 3 is 2.70 bits per heavy atom. The van der Waals surface area contributed by atoms with Gasteiger partial charge in [-0.2, -0.15) is 0 Å². The van der Waals surface area contributed by atoms with Crippen molar-refractivity contribution in [2.45, 2.75) is 31.8 Å². The molecule has 0 aliphatic carbocycles. The van der Waals surface area contributed by atoms with Crippen molar-refractivity contribution < 1.29 is 4.79 Å². The quantitative estimate of drug-likeness (QED) is 0.691. The molecule has 0 saturated carbocycles. The van der Waals surface area contributed by atoms with Crippen LogP contribution in [0.4, 0.5) is 0 Å². The highest BCUT2D eigenvalue weighted by molar-refractivity contribution is 7.14. The number of amides is 1. The summed E-state index contributed by atoms with van der Waals surface area (Å²) in [6.07, 6.45) is 5.04. The van der Waals surface area contributed by atoms with Crippen molar-refractivity contribution >= 4 is 28.0 Å². The second kappa shape index (κ2) is 6.31. The van der Waals surface area contributed by atoms with E-state index in [4.69, 9.17) is 0 Å². The number of piperazine rings is 1. The van der Waals surface area contributed by atoms with Crippen LogP contribution in [-0.4, -0.2) is 68.1 Å². The summed E-state index contributed by atoms with van der Waals surface area (Å²) in [6, 6.07) is 4.88. The molecule has 5 rings (SSSR count). The largest absolute Gasteiger partial charge is 0.336 e. The molecule has 3 aromatic rings. The van der Waals surface area contributed by atoms with Gasteiger partial charge in [-0.1, -0.05) is 11.3 Å². The van der Waals surface area contributed by atoms with E-state index >= 15 is 0 Å². The maximum absolute atomic E-state index is 12.8. The Hall–Kier alpha value is -2.45. The number of hydrogen-bond acceptors (Lipinski definition) is 7. The van der Waals surface area contributed by atoms with Crippen LogP contribution < -0.4 is 0 Å². The van der Waals surface area contributed by atoms with Gasteiger partial charge in [-0.05, 0) is 37.9 Å². The molecule has 0 aromatic carbocycles. The highest BCUT2D eigenvalue weighted by atomic mass is 32.1. The molecule has 0 radical (unpaired) electrons. The molecule has 5 heterocycles. The van der Waals surface area contributed by atoms with E-state index in [0.717, 1.165) is 51.7 Å². The molecule has 2 saturated heterocycles. The van der Waals surface area contributed by atoms with Crippen LogP contribution >= 0.6 is 11.3 Å². The molecule has 8 heteroatoms. The van der Waals surface area contributed by atoms with Crippen LogP contribution in [0.5, 0.6) is 0 Å². The lowest BCUT2D eigenvalue weighted by Crippen LogP contribution is -2.47. The molecule has 2 bridgehead atoms. The van der Waals surface area contributed by atoms with Gasteiger partial charge in [-0.3, -0.25) is 19.7 Å². The summed E-state index contributed by atoms with van der Waals surface area (Å²) in [5, 5.41) is 11.9. The molecule has 3 aromatic heterocycles. The number of rotatable bonds is 3. The SMILES string of the molecule is Cc1nnc(-c2cc3cc(CC(=O)N4C[C@@H]5C[C@H]4CN5C)ncc3cn2)s1. The molecule has 0 spiro atoms. The summed E-state index contributed by atoms with van der Waals surface area (Å²) >= 11 is 1.52. The molecule has 2 aliphatic rings. The third-order valence-corrected chi connectivity index (χ3v) is 6.43. The molecule has 2 fully saturated rings. The van der Waals surface area contributed by atoms with Gasteiger partial charge >= 0.3 is 0 Å². The average molecular weight is 380 g/mol. The normalized spacial score (nSPS) is 22.1. The van der Waals surface area contributed by atoms with Gasteiger partial charge in [0.05, 0.1) is 12.1 Å². The van der Waals surface area contributed by atoms with Crippen LogP contribution in [0, 0.1) is 6.92 Å². The molecule has 27 heavy (non-hydrogen) atoms. The van der Waals surface area contributed by atoms with Crippen LogP contribution in [-0.2, 0) is 11.2 Å². The Kier molecular flexibility index (Phi) is 3.91. The third-order valence-electron chi connectivity index (χ3n) is 5.57. The summed E-state index contributed by atoms with van der Waals surface area (Å²) in [5.41, 5.74) is 1.60. The van der Waals surface area contributed by atoms with Gasteiger partial charge in [0.15, 0.2) is 5.01 Å². The fourth-order valence-corrected chi connectivity index (χ4v) is 4.78. The summed E-state index contributed by atoms with van der Waals surface area (Å²) in [4.78, 5) is 26.1. The Morgan fingerprint density at radius 1 is 1.15 bits per heavy atom. The zero-order chi connectivity index (χ0) is 18.5. The monoisotopic (exact) mass is 380 g/mol. The first-order chi connectivity index (χ1) is 13.1. The first-order valence-electron chi connectivity index (χ1n) is 9.12. The zero-order valence-corrected chi connectivity index (χ0v) is 16.1. The third kappa shape index (κ3) is 2.98. The lowest BCUT2D eigenvalue weighted by Gasteiger charge is -2.32. The van der Waals surface area contributed by atoms with Crippen LogP contribution in [0.3, 0.4) is 0 Å². The minimum Gasteiger partial charge on any atom is -0.336 e. The minimum absolute atomic E-state index is 0.177. The van der Waals surface area contributed by atoms with E-state index in [2.05, 4.69) is 32.1 Å². The maximum Gasteiger partial charge on any atom is 0.228 e. The lowest BCUT2D eigenvalue weighted by molar-refractivity contribution is -0.132. The van der Waals surface area contributed by atoms with Crippen molar-refractivity contribution in [1.29, 1.82) is 0 Å². The Labute approximate surface area is 161 Å². The maximum atomic E-state index is 12.8. The molecule has 0 unspecified atom stereocenters. The Morgan fingerprint density at radius 2 is 2.00 bits per heavy atom. The average Bonchev–Trinajstić information content (AvgIpc) is 3.36. The van der Waals surface area contributed by atoms with Crippen LogP contribution in [0.15, 0.2) is 24.5 Å². The number of likely N-dealkylation sites (tertiary alicyclic amines) is 2. The van der Waals surface area contributed by atoms with E-state index in [0.29, 0.717) is 18.5 Å². The number of aryl methyl sites for hydroxylation is 1. The Balaban J connectivity index is 1.38. The van der Waals surface area contributed by atoms with Gasteiger partial charge in [0.1, 0.15) is 10.7 Å². The van der Waals surface area contributed by atoms with Crippen molar-refractivity contribution in [3.63, 3.8) is 0 Å². The number of hydrogen-bond donors (Lipinski definition) is 0. The second-order valence-electron chi connectivity index (χ2n) is 7.42. The Bertz CT molecular complexity index is 1030. The molecule has 7 nitrogen and oxygen atoms in total. The number of carbonyl (C=O) groups excluding carboxylic acids is 1. The summed E-state index contributed by atoms with van der Waals surface area (Å²) in [6.45, 7) is 3.76. The summed E-state index contributed by atoms with van der Waals surface area (Å²) in [7, 11) is 2.14. The number of aromatic nitrogens is 4. The number of carbonyl (C=O) groups is 1. The van der Waals surface area contributed by atoms with E-state index in [9.17, 15) is 4.79 Å². The van der Waals surface area contributed by atoms with Crippen molar-refractivity contribution in [2.24, 2.45) is 0 Å². The highest BCUT2D eigenvalue weighted by Crippen LogP contribution is 2.30. The number of pyridine rings is 2. The van der Waals surface area contributed by atoms with E-state index in [-0.39, 0.29) is 5.91 Å². The molecule has 2 atom stereocenters. The van der Waals surface area contributed by atoms with E-state index in [1.807, 2.05) is 24.0 Å². The van der Waals surface area contributed by atoms with Crippen LogP contribution in [0.2, 0.25) is 0 Å². The number of fused-ring (bicyclic) bond motifs is 3. The zero-order valence-electron chi connectivity index (χ0n) is 15.3. The molecular weight excluding hydrogens is 360 g/mol. The van der Waals surface area contributed by atoms with Gasteiger partial charge < -0.3 is 4.90 Å². The summed E-state index contributed by atoms with van der Waals surface area (Å²) < 4.78 is 0. The second-order valence-corrected chi connectivity index (χ2v) is 8.61. The van der Waals surface area contributed by atoms with Gasteiger partial charge in [0.2, 0.25) is 5.91 Å². The van der Waals surface area contributed by atoms with Crippen molar-refractivity contribution in [3.8, 4) is 10.7 Å². The van der Waals surface area contributed by atoms with E-state index in [1.54, 1.807) is 12.4 Å². The first kappa shape index (κ1) is 16.7. The van der Waals surface area contributed by atoms with Crippen molar-refractivity contribution in [1.82, 2.24) is 30.0 Å². The predicted molar refractivity (Wildman–Crippen MR) is 103 cm³/mol. The fraction of sp³-hybridized carbons (Fsp3) is 0.421. The lowest BCUT2D eigenvalue weighted by atomic mass is 10.1. The number of likely N-dealkylation sites (N-methyl/N-ethyl adjacent to an activating group) is 1. The van der Waals surface area contributed by atoms with Crippen molar-refractivity contribution in [2.75, 3.05) is 20.1 Å². The first-order valence-corrected chi connectivity index (χ1v) is 9.93. The van der Waals surface area contributed by atoms with Gasteiger partial charge in [0, 0.05) is 43.0 Å². The molecule has 2 aliphatic heterocycles. The van der Waals surface area contributed by atoms with Crippen molar-refractivity contribution in [3.05, 3.63) is 35.2 Å². The van der Waals surface area contributed by atoms with Gasteiger partial charge in [-0.25, -0.2) is 0 Å². The standard InChI is InChI=1S/C19H20N6OS/c1-11-22-23-19(27-11)17-4-12-3-14(20-7-13(12)8-21-17)5-18(26)25-10-15-6-16(25)9-24(15)2/h3-4,7-8,15-16H,5-6,9-10H2,1-2H3/t15-,16-/m0/s1. The predicted octanol–water partition coefficient (Wildman–Crippen LogP) is 1.91. The van der Waals surface area contributed by atoms with Crippen LogP contribution in [0.1, 0.15) is 17.1 Å². The topological polar surface area (TPSA) is 75.1 Å². The minimum atomic E-state index is 0.177. The summed E-state index contributed by atoms with van der Waals surface area (Å²) in [5.74, 6) is 0.177.